The molecule has 2 aliphatic heterocycles. The molecule has 0 aromatic heterocycles. The molecule has 3 rings (SSSR count). The van der Waals surface area contributed by atoms with Crippen molar-refractivity contribution >= 4 is 5.91 Å². The number of fused-ring (bicyclic) bond motifs is 1. The van der Waals surface area contributed by atoms with E-state index in [0.717, 1.165) is 55.3 Å². The van der Waals surface area contributed by atoms with Crippen LogP contribution in [-0.2, 0) is 6.42 Å². The lowest BCUT2D eigenvalue weighted by Gasteiger charge is -2.30. The van der Waals surface area contributed by atoms with Crippen LogP contribution < -0.4 is 10.1 Å². The molecule has 4 nitrogen and oxygen atoms in total. The van der Waals surface area contributed by atoms with Gasteiger partial charge in [0.25, 0.3) is 5.91 Å². The fraction of sp³-hybridized carbons (Fsp3) is 0.611. The minimum Gasteiger partial charge on any atom is -0.493 e. The Morgan fingerprint density at radius 2 is 2.36 bits per heavy atom. The second kappa shape index (κ2) is 7.14. The summed E-state index contributed by atoms with van der Waals surface area (Å²) in [5, 5.41) is 3.03. The third-order valence-corrected chi connectivity index (χ3v) is 4.63. The van der Waals surface area contributed by atoms with E-state index < -0.39 is 0 Å². The van der Waals surface area contributed by atoms with Gasteiger partial charge in [0.05, 0.1) is 6.61 Å². The van der Waals surface area contributed by atoms with Gasteiger partial charge in [0.2, 0.25) is 0 Å². The fourth-order valence-corrected chi connectivity index (χ4v) is 3.42. The number of hydrogen-bond acceptors (Lipinski definition) is 3. The number of hydrogen-bond donors (Lipinski definition) is 1. The summed E-state index contributed by atoms with van der Waals surface area (Å²) in [5.74, 6) is 1.77. The normalized spacial score (nSPS) is 21.2. The number of carbonyl (C=O) groups excluding carboxylic acids is 1. The summed E-state index contributed by atoms with van der Waals surface area (Å²) in [6, 6.07) is 5.72. The fourth-order valence-electron chi connectivity index (χ4n) is 3.42. The largest absolute Gasteiger partial charge is 0.493 e. The van der Waals surface area contributed by atoms with Gasteiger partial charge in [0.15, 0.2) is 0 Å². The van der Waals surface area contributed by atoms with E-state index in [9.17, 15) is 4.79 Å². The van der Waals surface area contributed by atoms with Gasteiger partial charge < -0.3 is 15.0 Å². The summed E-state index contributed by atoms with van der Waals surface area (Å²) in [7, 11) is 0. The van der Waals surface area contributed by atoms with Crippen LogP contribution in [0.5, 0.6) is 5.75 Å². The number of rotatable bonds is 5. The molecule has 1 aromatic rings. The highest BCUT2D eigenvalue weighted by Gasteiger charge is 2.16. The van der Waals surface area contributed by atoms with Crippen LogP contribution in [0.2, 0.25) is 0 Å². The van der Waals surface area contributed by atoms with Gasteiger partial charge in [-0.25, -0.2) is 0 Å². The van der Waals surface area contributed by atoms with Gasteiger partial charge in [-0.15, -0.1) is 0 Å². The number of nitrogens with one attached hydrogen (secondary N) is 1. The zero-order valence-electron chi connectivity index (χ0n) is 13.4. The first kappa shape index (κ1) is 15.3. The van der Waals surface area contributed by atoms with E-state index in [1.165, 1.54) is 25.9 Å². The molecular weight excluding hydrogens is 276 g/mol. The molecule has 2 aliphatic rings. The number of likely N-dealkylation sites (tertiary alicyclic amines) is 1. The van der Waals surface area contributed by atoms with Crippen molar-refractivity contribution in [3.8, 4) is 5.75 Å². The Hall–Kier alpha value is -1.55. The summed E-state index contributed by atoms with van der Waals surface area (Å²) >= 11 is 0. The molecule has 1 saturated heterocycles. The summed E-state index contributed by atoms with van der Waals surface area (Å²) < 4.78 is 5.47. The SMILES string of the molecule is CC1CCCN(CCCNC(=O)c2ccc3c(c2)CCO3)C1. The molecule has 1 unspecified atom stereocenters. The Morgan fingerprint density at radius 1 is 1.45 bits per heavy atom. The number of benzene rings is 1. The lowest BCUT2D eigenvalue weighted by molar-refractivity contribution is 0.0950. The molecule has 0 saturated carbocycles. The van der Waals surface area contributed by atoms with Gasteiger partial charge >= 0.3 is 0 Å². The van der Waals surface area contributed by atoms with Crippen molar-refractivity contribution in [1.29, 1.82) is 0 Å². The minimum absolute atomic E-state index is 0.0294. The van der Waals surface area contributed by atoms with Crippen LogP contribution in [-0.4, -0.2) is 43.6 Å². The van der Waals surface area contributed by atoms with Crippen LogP contribution in [0.25, 0.3) is 0 Å². The average molecular weight is 302 g/mol. The highest BCUT2D eigenvalue weighted by molar-refractivity contribution is 5.94. The maximum atomic E-state index is 12.2. The predicted molar refractivity (Wildman–Crippen MR) is 87.4 cm³/mol. The Balaban J connectivity index is 1.41. The number of ether oxygens (including phenoxy) is 1. The monoisotopic (exact) mass is 302 g/mol. The second-order valence-corrected chi connectivity index (χ2v) is 6.58. The Morgan fingerprint density at radius 3 is 3.23 bits per heavy atom. The van der Waals surface area contributed by atoms with Crippen molar-refractivity contribution in [3.05, 3.63) is 29.3 Å². The van der Waals surface area contributed by atoms with Crippen LogP contribution >= 0.6 is 0 Å². The topological polar surface area (TPSA) is 41.6 Å². The highest BCUT2D eigenvalue weighted by atomic mass is 16.5. The van der Waals surface area contributed by atoms with Gasteiger partial charge in [-0.2, -0.15) is 0 Å². The maximum Gasteiger partial charge on any atom is 0.251 e. The Labute approximate surface area is 132 Å². The molecule has 0 bridgehead atoms. The molecule has 22 heavy (non-hydrogen) atoms. The summed E-state index contributed by atoms with van der Waals surface area (Å²) in [6.07, 6.45) is 4.59. The van der Waals surface area contributed by atoms with Gasteiger partial charge in [-0.1, -0.05) is 6.92 Å². The van der Waals surface area contributed by atoms with E-state index in [-0.39, 0.29) is 5.91 Å². The number of amides is 1. The highest BCUT2D eigenvalue weighted by Crippen LogP contribution is 2.25. The van der Waals surface area contributed by atoms with E-state index in [2.05, 4.69) is 17.1 Å². The molecule has 120 valence electrons. The van der Waals surface area contributed by atoms with Gasteiger partial charge in [0, 0.05) is 25.1 Å². The van der Waals surface area contributed by atoms with E-state index in [4.69, 9.17) is 4.74 Å². The van der Waals surface area contributed by atoms with Crippen molar-refractivity contribution in [2.45, 2.75) is 32.6 Å². The van der Waals surface area contributed by atoms with Crippen LogP contribution in [0.15, 0.2) is 18.2 Å². The first-order valence-electron chi connectivity index (χ1n) is 8.48. The zero-order chi connectivity index (χ0) is 15.4. The van der Waals surface area contributed by atoms with Gasteiger partial charge in [0.1, 0.15) is 5.75 Å². The third-order valence-electron chi connectivity index (χ3n) is 4.63. The van der Waals surface area contributed by atoms with Crippen molar-refractivity contribution in [2.24, 2.45) is 5.92 Å². The summed E-state index contributed by atoms with van der Waals surface area (Å²) in [5.41, 5.74) is 1.89. The summed E-state index contributed by atoms with van der Waals surface area (Å²) in [6.45, 7) is 7.31. The van der Waals surface area contributed by atoms with E-state index in [1.807, 2.05) is 18.2 Å². The maximum absolute atomic E-state index is 12.2. The molecule has 0 radical (unpaired) electrons. The number of carbonyl (C=O) groups is 1. The number of piperidine rings is 1. The molecule has 1 N–H and O–H groups in total. The molecular formula is C18H26N2O2. The molecule has 1 amide bonds. The van der Waals surface area contributed by atoms with E-state index in [0.29, 0.717) is 0 Å². The quantitative estimate of drug-likeness (QED) is 0.850. The Bertz CT molecular complexity index is 530. The average Bonchev–Trinajstić information content (AvgIpc) is 2.99. The lowest BCUT2D eigenvalue weighted by atomic mass is 10.0. The Kier molecular flexibility index (Phi) is 4.98. The molecule has 1 fully saturated rings. The van der Waals surface area contributed by atoms with Gasteiger partial charge in [-0.05, 0) is 62.0 Å². The van der Waals surface area contributed by atoms with Crippen molar-refractivity contribution in [3.63, 3.8) is 0 Å². The predicted octanol–water partition coefficient (Wildman–Crippen LogP) is 2.47. The molecule has 1 aromatic carbocycles. The lowest BCUT2D eigenvalue weighted by Crippen LogP contribution is -2.36. The van der Waals surface area contributed by atoms with E-state index >= 15 is 0 Å². The first-order chi connectivity index (χ1) is 10.7. The second-order valence-electron chi connectivity index (χ2n) is 6.58. The van der Waals surface area contributed by atoms with Crippen molar-refractivity contribution in [2.75, 3.05) is 32.8 Å². The van der Waals surface area contributed by atoms with E-state index in [1.54, 1.807) is 0 Å². The van der Waals surface area contributed by atoms with Gasteiger partial charge in [-0.3, -0.25) is 4.79 Å². The smallest absolute Gasteiger partial charge is 0.251 e. The molecule has 0 aliphatic carbocycles. The van der Waals surface area contributed by atoms with Crippen molar-refractivity contribution < 1.29 is 9.53 Å². The van der Waals surface area contributed by atoms with Crippen LogP contribution in [0.4, 0.5) is 0 Å². The molecule has 1 atom stereocenters. The summed E-state index contributed by atoms with van der Waals surface area (Å²) in [4.78, 5) is 14.7. The van der Waals surface area contributed by atoms with Crippen molar-refractivity contribution in [1.82, 2.24) is 10.2 Å². The zero-order valence-corrected chi connectivity index (χ0v) is 13.4. The molecule has 0 spiro atoms. The van der Waals surface area contributed by atoms with Crippen LogP contribution in [0.1, 0.15) is 42.1 Å². The van der Waals surface area contributed by atoms with Crippen LogP contribution in [0, 0.1) is 5.92 Å². The first-order valence-corrected chi connectivity index (χ1v) is 8.48. The standard InChI is InChI=1S/C18H26N2O2/c1-14-4-2-9-20(13-14)10-3-8-19-18(21)16-5-6-17-15(12-16)7-11-22-17/h5-6,12,14H,2-4,7-11,13H2,1H3,(H,19,21). The minimum atomic E-state index is 0.0294. The number of nitrogens with zero attached hydrogens (tertiary/aromatic N) is 1. The molecule has 4 heteroatoms. The molecule has 2 heterocycles. The third kappa shape index (κ3) is 3.80. The van der Waals surface area contributed by atoms with Crippen LogP contribution in [0.3, 0.4) is 0 Å².